The van der Waals surface area contributed by atoms with E-state index in [9.17, 15) is 0 Å². The maximum absolute atomic E-state index is 8.62. The molecule has 6 nitrogen and oxygen atoms in total. The van der Waals surface area contributed by atoms with Crippen molar-refractivity contribution in [1.82, 2.24) is 15.0 Å². The molecule has 28 heavy (non-hydrogen) atoms. The predicted octanol–water partition coefficient (Wildman–Crippen LogP) is 3.67. The van der Waals surface area contributed by atoms with E-state index in [1.54, 1.807) is 19.5 Å². The normalized spacial score (nSPS) is 15.4. The molecule has 0 aliphatic carbocycles. The van der Waals surface area contributed by atoms with Crippen LogP contribution in [0.2, 0.25) is 0 Å². The van der Waals surface area contributed by atoms with E-state index in [1.807, 2.05) is 18.2 Å². The van der Waals surface area contributed by atoms with Crippen LogP contribution in [0.3, 0.4) is 0 Å². The Morgan fingerprint density at radius 3 is 2.75 bits per heavy atom. The zero-order valence-corrected chi connectivity index (χ0v) is 16.3. The van der Waals surface area contributed by atoms with E-state index in [0.29, 0.717) is 18.0 Å². The molecular weight excluding hydrogens is 350 g/mol. The second kappa shape index (κ2) is 8.02. The summed E-state index contributed by atoms with van der Waals surface area (Å²) < 4.78 is 5.28. The molecule has 144 valence electrons. The van der Waals surface area contributed by atoms with Crippen molar-refractivity contribution >= 4 is 22.4 Å². The number of ether oxygens (including phenoxy) is 1. The van der Waals surface area contributed by atoms with E-state index in [4.69, 9.17) is 15.1 Å². The van der Waals surface area contributed by atoms with Crippen molar-refractivity contribution < 1.29 is 4.74 Å². The summed E-state index contributed by atoms with van der Waals surface area (Å²) in [6.07, 6.45) is 4.25. The largest absolute Gasteiger partial charge is 0.384 e. The average Bonchev–Trinajstić information content (AvgIpc) is 2.71. The highest BCUT2D eigenvalue weighted by atomic mass is 16.5. The molecule has 1 saturated heterocycles. The quantitative estimate of drug-likeness (QED) is 0.638. The summed E-state index contributed by atoms with van der Waals surface area (Å²) in [4.78, 5) is 16.1. The lowest BCUT2D eigenvalue weighted by Gasteiger charge is -2.40. The van der Waals surface area contributed by atoms with Crippen LogP contribution in [0.25, 0.3) is 10.9 Å². The number of rotatable bonds is 7. The topological polar surface area (TPSA) is 75.0 Å². The molecule has 1 N–H and O–H groups in total. The molecule has 6 heteroatoms. The molecule has 0 radical (unpaired) electrons. The summed E-state index contributed by atoms with van der Waals surface area (Å²) in [5.74, 6) is 1.29. The maximum atomic E-state index is 8.62. The number of benzene rings is 1. The van der Waals surface area contributed by atoms with Gasteiger partial charge in [-0.2, -0.15) is 0 Å². The Bertz CT molecular complexity index is 983. The molecule has 0 spiro atoms. The minimum atomic E-state index is 0.0405. The number of hydrogen-bond donors (Lipinski definition) is 1. The molecule has 1 atom stereocenters. The van der Waals surface area contributed by atoms with Crippen LogP contribution < -0.4 is 4.90 Å². The van der Waals surface area contributed by atoms with Crippen molar-refractivity contribution in [3.05, 3.63) is 60.2 Å². The molecule has 0 amide bonds. The predicted molar refractivity (Wildman–Crippen MR) is 111 cm³/mol. The Labute approximate surface area is 165 Å². The maximum Gasteiger partial charge on any atom is 0.129 e. The molecule has 3 heterocycles. The number of nitrogens with zero attached hydrogens (tertiary/aromatic N) is 4. The number of nitrogens with one attached hydrogen (secondary N) is 1. The Balaban J connectivity index is 1.52. The van der Waals surface area contributed by atoms with Crippen LogP contribution in [0.4, 0.5) is 5.82 Å². The van der Waals surface area contributed by atoms with Gasteiger partial charge in [-0.25, -0.2) is 4.98 Å². The van der Waals surface area contributed by atoms with Crippen molar-refractivity contribution in [1.29, 1.82) is 5.41 Å². The van der Waals surface area contributed by atoms with Gasteiger partial charge in [-0.05, 0) is 24.6 Å². The summed E-state index contributed by atoms with van der Waals surface area (Å²) >= 11 is 0. The first-order valence-electron chi connectivity index (χ1n) is 9.70. The van der Waals surface area contributed by atoms with Crippen molar-refractivity contribution in [2.24, 2.45) is 5.92 Å². The van der Waals surface area contributed by atoms with Crippen LogP contribution in [0.1, 0.15) is 30.7 Å². The highest BCUT2D eigenvalue weighted by Gasteiger charge is 2.33. The number of anilines is 1. The molecule has 1 aliphatic rings. The van der Waals surface area contributed by atoms with Crippen LogP contribution in [-0.4, -0.2) is 47.5 Å². The lowest BCUT2D eigenvalue weighted by Crippen LogP contribution is -2.46. The van der Waals surface area contributed by atoms with Gasteiger partial charge >= 0.3 is 0 Å². The number of aromatic nitrogens is 3. The Morgan fingerprint density at radius 1 is 1.18 bits per heavy atom. The Hall–Kier alpha value is -2.86. The summed E-state index contributed by atoms with van der Waals surface area (Å²) in [6, 6.07) is 12.3. The van der Waals surface area contributed by atoms with Gasteiger partial charge < -0.3 is 15.0 Å². The fourth-order valence-electron chi connectivity index (χ4n) is 3.72. The van der Waals surface area contributed by atoms with Gasteiger partial charge in [0.2, 0.25) is 0 Å². The van der Waals surface area contributed by atoms with Gasteiger partial charge in [0.05, 0.1) is 23.5 Å². The van der Waals surface area contributed by atoms with Gasteiger partial charge in [0.1, 0.15) is 11.5 Å². The molecular formula is C22H25N5O. The van der Waals surface area contributed by atoms with Gasteiger partial charge in [-0.3, -0.25) is 9.97 Å². The molecule has 0 bridgehead atoms. The molecule has 3 aromatic rings. The van der Waals surface area contributed by atoms with E-state index in [1.165, 1.54) is 0 Å². The summed E-state index contributed by atoms with van der Waals surface area (Å²) in [6.45, 7) is 4.28. The Morgan fingerprint density at radius 2 is 1.96 bits per heavy atom. The first kappa shape index (κ1) is 18.5. The highest BCUT2D eigenvalue weighted by molar-refractivity contribution is 5.99. The van der Waals surface area contributed by atoms with Crippen LogP contribution in [0.15, 0.2) is 48.8 Å². The van der Waals surface area contributed by atoms with E-state index < -0.39 is 0 Å². The van der Waals surface area contributed by atoms with Gasteiger partial charge in [0, 0.05) is 49.8 Å². The zero-order chi connectivity index (χ0) is 19.5. The fourth-order valence-corrected chi connectivity index (χ4v) is 3.72. The lowest BCUT2D eigenvalue weighted by atomic mass is 9.89. The minimum absolute atomic E-state index is 0.0405. The first-order valence-corrected chi connectivity index (χ1v) is 9.70. The number of pyridine rings is 1. The number of methoxy groups -OCH3 is 1. The van der Waals surface area contributed by atoms with Gasteiger partial charge in [-0.15, -0.1) is 0 Å². The second-order valence-electron chi connectivity index (χ2n) is 7.23. The van der Waals surface area contributed by atoms with Crippen LogP contribution in [0, 0.1) is 11.3 Å². The molecule has 1 fully saturated rings. The van der Waals surface area contributed by atoms with E-state index in [-0.39, 0.29) is 11.8 Å². The van der Waals surface area contributed by atoms with E-state index in [2.05, 4.69) is 40.0 Å². The average molecular weight is 375 g/mol. The van der Waals surface area contributed by atoms with E-state index >= 15 is 0 Å². The number of para-hydroxylation sites is 1. The van der Waals surface area contributed by atoms with Gasteiger partial charge in [-0.1, -0.05) is 25.1 Å². The third-order valence-corrected chi connectivity index (χ3v) is 5.43. The van der Waals surface area contributed by atoms with Crippen molar-refractivity contribution in [3.8, 4) is 0 Å². The van der Waals surface area contributed by atoms with Gasteiger partial charge in [0.25, 0.3) is 0 Å². The molecule has 1 aliphatic heterocycles. The van der Waals surface area contributed by atoms with Crippen molar-refractivity contribution in [2.75, 3.05) is 31.7 Å². The third kappa shape index (κ3) is 3.47. The standard InChI is InChI=1S/C22H25N5O/c1-3-15(14-28-2)20(23)22-21(24-10-11-25-22)17-12-27(13-17)19-9-8-16-6-4-5-7-18(16)26-19/h4-11,15,17,23H,3,12-14H2,1-2H3/t15-/m0/s1. The molecule has 1 aromatic carbocycles. The van der Waals surface area contributed by atoms with Crippen LogP contribution >= 0.6 is 0 Å². The van der Waals surface area contributed by atoms with Crippen LogP contribution in [-0.2, 0) is 4.74 Å². The monoisotopic (exact) mass is 375 g/mol. The second-order valence-corrected chi connectivity index (χ2v) is 7.23. The summed E-state index contributed by atoms with van der Waals surface area (Å²) in [5, 5.41) is 9.77. The number of fused-ring (bicyclic) bond motifs is 1. The third-order valence-electron chi connectivity index (χ3n) is 5.43. The smallest absolute Gasteiger partial charge is 0.129 e. The number of hydrogen-bond acceptors (Lipinski definition) is 6. The van der Waals surface area contributed by atoms with Crippen molar-refractivity contribution in [2.45, 2.75) is 19.3 Å². The SMILES string of the molecule is CC[C@@H](COC)C(=N)c1nccnc1C1CN(c2ccc3ccccc3n2)C1. The highest BCUT2D eigenvalue weighted by Crippen LogP contribution is 2.32. The summed E-state index contributed by atoms with van der Waals surface area (Å²) in [5.41, 5.74) is 3.16. The van der Waals surface area contributed by atoms with Crippen LogP contribution in [0.5, 0.6) is 0 Å². The molecule has 2 aromatic heterocycles. The van der Waals surface area contributed by atoms with Crippen molar-refractivity contribution in [3.63, 3.8) is 0 Å². The fraction of sp³-hybridized carbons (Fsp3) is 0.364. The molecule has 0 saturated carbocycles. The lowest BCUT2D eigenvalue weighted by molar-refractivity contribution is 0.174. The first-order chi connectivity index (χ1) is 13.7. The minimum Gasteiger partial charge on any atom is -0.384 e. The van der Waals surface area contributed by atoms with E-state index in [0.717, 1.165) is 41.9 Å². The van der Waals surface area contributed by atoms with Gasteiger partial charge in [0.15, 0.2) is 0 Å². The summed E-state index contributed by atoms with van der Waals surface area (Å²) in [7, 11) is 1.67. The molecule has 0 unspecified atom stereocenters. The Kier molecular flexibility index (Phi) is 5.30. The molecule has 4 rings (SSSR count). The zero-order valence-electron chi connectivity index (χ0n) is 16.3.